The molecule has 15 heavy (non-hydrogen) atoms. The Morgan fingerprint density at radius 1 is 1.07 bits per heavy atom. The van der Waals surface area contributed by atoms with E-state index in [4.69, 9.17) is 11.1 Å². The molecule has 0 atom stereocenters. The van der Waals surface area contributed by atoms with Crippen molar-refractivity contribution in [1.29, 1.82) is 5.41 Å². The van der Waals surface area contributed by atoms with E-state index >= 15 is 0 Å². The molecular weight excluding hydrogens is 184 g/mol. The van der Waals surface area contributed by atoms with E-state index in [1.807, 2.05) is 18.2 Å². The number of nitrogens with two attached hydrogens (primary N) is 1. The molecule has 2 heteroatoms. The van der Waals surface area contributed by atoms with Gasteiger partial charge in [0.15, 0.2) is 0 Å². The lowest BCUT2D eigenvalue weighted by molar-refractivity contribution is 0.376. The molecule has 0 saturated heterocycles. The van der Waals surface area contributed by atoms with E-state index in [1.54, 1.807) is 0 Å². The van der Waals surface area contributed by atoms with E-state index in [-0.39, 0.29) is 5.41 Å². The number of amidine groups is 1. The zero-order valence-electron chi connectivity index (χ0n) is 9.00. The second kappa shape index (κ2) is 4.05. The van der Waals surface area contributed by atoms with Gasteiger partial charge in [0.25, 0.3) is 0 Å². The summed E-state index contributed by atoms with van der Waals surface area (Å²) in [4.78, 5) is 0. The van der Waals surface area contributed by atoms with Gasteiger partial charge in [-0.2, -0.15) is 0 Å². The standard InChI is InChI=1S/C13H18N2/c14-12(15)13(9-5-2-6-10-13)11-7-3-1-4-8-11/h1,3-4,7-8H,2,5-6,9-10H2,(H3,14,15). The zero-order valence-corrected chi connectivity index (χ0v) is 9.00. The minimum absolute atomic E-state index is 0.167. The van der Waals surface area contributed by atoms with Crippen LogP contribution in [0.25, 0.3) is 0 Å². The lowest BCUT2D eigenvalue weighted by atomic mass is 9.68. The summed E-state index contributed by atoms with van der Waals surface area (Å²) in [5.41, 5.74) is 6.87. The van der Waals surface area contributed by atoms with Crippen molar-refractivity contribution in [1.82, 2.24) is 0 Å². The van der Waals surface area contributed by atoms with Gasteiger partial charge in [-0.1, -0.05) is 49.6 Å². The Kier molecular flexibility index (Phi) is 2.76. The van der Waals surface area contributed by atoms with E-state index in [0.29, 0.717) is 5.84 Å². The molecule has 0 spiro atoms. The highest BCUT2D eigenvalue weighted by Crippen LogP contribution is 2.39. The maximum absolute atomic E-state index is 7.85. The zero-order chi connectivity index (χ0) is 10.7. The van der Waals surface area contributed by atoms with Crippen LogP contribution in [0.2, 0.25) is 0 Å². The highest BCUT2D eigenvalue weighted by Gasteiger charge is 2.36. The Morgan fingerprint density at radius 3 is 2.20 bits per heavy atom. The first-order valence-corrected chi connectivity index (χ1v) is 5.66. The van der Waals surface area contributed by atoms with E-state index in [1.165, 1.54) is 24.8 Å². The van der Waals surface area contributed by atoms with Crippen LogP contribution >= 0.6 is 0 Å². The first kappa shape index (κ1) is 10.2. The Balaban J connectivity index is 2.38. The minimum atomic E-state index is -0.167. The van der Waals surface area contributed by atoms with Crippen molar-refractivity contribution in [3.63, 3.8) is 0 Å². The molecule has 0 heterocycles. The van der Waals surface area contributed by atoms with Gasteiger partial charge in [0.1, 0.15) is 5.84 Å². The fraction of sp³-hybridized carbons (Fsp3) is 0.462. The summed E-state index contributed by atoms with van der Waals surface area (Å²) in [7, 11) is 0. The van der Waals surface area contributed by atoms with Gasteiger partial charge in [0.2, 0.25) is 0 Å². The molecular formula is C13H18N2. The highest BCUT2D eigenvalue weighted by molar-refractivity contribution is 5.89. The van der Waals surface area contributed by atoms with Crippen LogP contribution < -0.4 is 5.73 Å². The number of benzene rings is 1. The molecule has 3 N–H and O–H groups in total. The minimum Gasteiger partial charge on any atom is -0.387 e. The normalized spacial score (nSPS) is 19.7. The number of hydrogen-bond acceptors (Lipinski definition) is 1. The molecule has 1 fully saturated rings. The van der Waals surface area contributed by atoms with E-state index < -0.39 is 0 Å². The van der Waals surface area contributed by atoms with Crippen molar-refractivity contribution >= 4 is 5.84 Å². The quantitative estimate of drug-likeness (QED) is 0.562. The van der Waals surface area contributed by atoms with Crippen LogP contribution in [0, 0.1) is 5.41 Å². The molecule has 80 valence electrons. The van der Waals surface area contributed by atoms with Crippen LogP contribution in [0.3, 0.4) is 0 Å². The lowest BCUT2D eigenvalue weighted by Crippen LogP contribution is -2.42. The third-order valence-corrected chi connectivity index (χ3v) is 3.55. The highest BCUT2D eigenvalue weighted by atomic mass is 14.8. The Morgan fingerprint density at radius 2 is 1.67 bits per heavy atom. The SMILES string of the molecule is N=C(N)C1(c2ccccc2)CCCCC1. The summed E-state index contributed by atoms with van der Waals surface area (Å²) < 4.78 is 0. The van der Waals surface area contributed by atoms with Crippen molar-refractivity contribution < 1.29 is 0 Å². The van der Waals surface area contributed by atoms with Gasteiger partial charge in [-0.25, -0.2) is 0 Å². The fourth-order valence-electron chi connectivity index (χ4n) is 2.63. The molecule has 2 nitrogen and oxygen atoms in total. The van der Waals surface area contributed by atoms with Gasteiger partial charge in [-0.15, -0.1) is 0 Å². The van der Waals surface area contributed by atoms with Gasteiger partial charge in [0, 0.05) is 0 Å². The van der Waals surface area contributed by atoms with Crippen LogP contribution in [-0.4, -0.2) is 5.84 Å². The summed E-state index contributed by atoms with van der Waals surface area (Å²) >= 11 is 0. The Bertz CT molecular complexity index is 337. The first-order chi connectivity index (χ1) is 7.26. The molecule has 0 unspecified atom stereocenters. The van der Waals surface area contributed by atoms with Gasteiger partial charge < -0.3 is 5.73 Å². The maximum Gasteiger partial charge on any atom is 0.101 e. The molecule has 2 rings (SSSR count). The predicted octanol–water partition coefficient (Wildman–Crippen LogP) is 2.82. The molecule has 1 aromatic carbocycles. The molecule has 0 amide bonds. The second-order valence-electron chi connectivity index (χ2n) is 4.42. The Labute approximate surface area is 91.0 Å². The molecule has 1 aromatic rings. The average Bonchev–Trinajstić information content (AvgIpc) is 2.31. The lowest BCUT2D eigenvalue weighted by Gasteiger charge is -2.36. The van der Waals surface area contributed by atoms with Gasteiger partial charge in [0.05, 0.1) is 5.41 Å². The predicted molar refractivity (Wildman–Crippen MR) is 63.1 cm³/mol. The smallest absolute Gasteiger partial charge is 0.101 e. The van der Waals surface area contributed by atoms with Crippen molar-refractivity contribution in [2.24, 2.45) is 5.73 Å². The number of rotatable bonds is 2. The molecule has 1 saturated carbocycles. The average molecular weight is 202 g/mol. The summed E-state index contributed by atoms with van der Waals surface area (Å²) in [5.74, 6) is 0.341. The van der Waals surface area contributed by atoms with Crippen LogP contribution in [0.4, 0.5) is 0 Å². The summed E-state index contributed by atoms with van der Waals surface area (Å²) in [5, 5.41) is 7.85. The van der Waals surface area contributed by atoms with Crippen LogP contribution in [-0.2, 0) is 5.41 Å². The summed E-state index contributed by atoms with van der Waals surface area (Å²) in [6.07, 6.45) is 5.73. The number of hydrogen-bond donors (Lipinski definition) is 2. The third kappa shape index (κ3) is 1.76. The van der Waals surface area contributed by atoms with Gasteiger partial charge in [-0.05, 0) is 18.4 Å². The van der Waals surface area contributed by atoms with Crippen LogP contribution in [0.1, 0.15) is 37.7 Å². The van der Waals surface area contributed by atoms with Gasteiger partial charge in [-0.3, -0.25) is 5.41 Å². The maximum atomic E-state index is 7.85. The van der Waals surface area contributed by atoms with Gasteiger partial charge >= 0.3 is 0 Å². The van der Waals surface area contributed by atoms with E-state index in [9.17, 15) is 0 Å². The van der Waals surface area contributed by atoms with Crippen LogP contribution in [0.5, 0.6) is 0 Å². The van der Waals surface area contributed by atoms with Crippen molar-refractivity contribution in [2.45, 2.75) is 37.5 Å². The molecule has 0 bridgehead atoms. The summed E-state index contributed by atoms with van der Waals surface area (Å²) in [6, 6.07) is 10.3. The molecule has 1 aliphatic rings. The first-order valence-electron chi connectivity index (χ1n) is 5.66. The van der Waals surface area contributed by atoms with Crippen molar-refractivity contribution in [3.05, 3.63) is 35.9 Å². The monoisotopic (exact) mass is 202 g/mol. The largest absolute Gasteiger partial charge is 0.387 e. The Hall–Kier alpha value is -1.31. The van der Waals surface area contributed by atoms with Crippen LogP contribution in [0.15, 0.2) is 30.3 Å². The van der Waals surface area contributed by atoms with Crippen molar-refractivity contribution in [2.75, 3.05) is 0 Å². The molecule has 0 radical (unpaired) electrons. The van der Waals surface area contributed by atoms with E-state index in [2.05, 4.69) is 12.1 Å². The van der Waals surface area contributed by atoms with E-state index in [0.717, 1.165) is 12.8 Å². The molecule has 0 aliphatic heterocycles. The summed E-state index contributed by atoms with van der Waals surface area (Å²) in [6.45, 7) is 0. The van der Waals surface area contributed by atoms with Crippen molar-refractivity contribution in [3.8, 4) is 0 Å². The molecule has 1 aliphatic carbocycles. The third-order valence-electron chi connectivity index (χ3n) is 3.55. The topological polar surface area (TPSA) is 49.9 Å². The second-order valence-corrected chi connectivity index (χ2v) is 4.42. The molecule has 0 aromatic heterocycles. The fourth-order valence-corrected chi connectivity index (χ4v) is 2.63. The number of nitrogens with one attached hydrogen (secondary N) is 1.